The fraction of sp³-hybridized carbons (Fsp3) is 0.259. The molecule has 0 aromatic heterocycles. The minimum absolute atomic E-state index is 0.189. The van der Waals surface area contributed by atoms with Crippen molar-refractivity contribution < 1.29 is 9.59 Å². The second-order valence-electron chi connectivity index (χ2n) is 8.88. The van der Waals surface area contributed by atoms with E-state index in [1.807, 2.05) is 78.9 Å². The summed E-state index contributed by atoms with van der Waals surface area (Å²) in [6.07, 6.45) is 2.47. The summed E-state index contributed by atoms with van der Waals surface area (Å²) < 4.78 is 0. The van der Waals surface area contributed by atoms with Gasteiger partial charge in [0.1, 0.15) is 6.04 Å². The van der Waals surface area contributed by atoms with E-state index in [4.69, 9.17) is 17.3 Å². The molecule has 3 aromatic carbocycles. The van der Waals surface area contributed by atoms with Crippen LogP contribution in [0.25, 0.3) is 0 Å². The molecule has 3 unspecified atom stereocenters. The summed E-state index contributed by atoms with van der Waals surface area (Å²) in [5.74, 6) is -0.189. The van der Waals surface area contributed by atoms with Crippen LogP contribution >= 0.6 is 11.6 Å². The Bertz CT molecular complexity index is 1220. The zero-order valence-electron chi connectivity index (χ0n) is 18.7. The number of fused-ring (bicyclic) bond motifs is 1. The lowest BCUT2D eigenvalue weighted by Gasteiger charge is -2.43. The molecule has 3 aromatic rings. The number of benzene rings is 3. The number of hydrogen-bond acceptors (Lipinski definition) is 3. The predicted octanol–water partition coefficient (Wildman–Crippen LogP) is 4.48. The number of likely N-dealkylation sites (tertiary alicyclic amines) is 1. The summed E-state index contributed by atoms with van der Waals surface area (Å²) in [5, 5.41) is 7.46. The zero-order valence-corrected chi connectivity index (χ0v) is 19.5. The number of rotatable bonds is 3. The van der Waals surface area contributed by atoms with Gasteiger partial charge >= 0.3 is 6.03 Å². The van der Waals surface area contributed by atoms with Gasteiger partial charge in [-0.1, -0.05) is 72.3 Å². The van der Waals surface area contributed by atoms with Crippen LogP contribution in [-0.2, 0) is 10.3 Å². The van der Waals surface area contributed by atoms with E-state index < -0.39 is 17.6 Å². The maximum atomic E-state index is 13.7. The first-order valence-corrected chi connectivity index (χ1v) is 11.9. The third-order valence-electron chi connectivity index (χ3n) is 6.92. The fourth-order valence-corrected chi connectivity index (χ4v) is 5.60. The Morgan fingerprint density at radius 3 is 2.47 bits per heavy atom. The van der Waals surface area contributed by atoms with E-state index >= 15 is 0 Å². The molecule has 7 heteroatoms. The molecular formula is C27H27ClN4O2. The van der Waals surface area contributed by atoms with Gasteiger partial charge in [0.2, 0.25) is 5.91 Å². The average molecular weight is 475 g/mol. The van der Waals surface area contributed by atoms with Crippen molar-refractivity contribution in [3.63, 3.8) is 0 Å². The molecule has 0 aliphatic carbocycles. The Labute approximate surface area is 204 Å². The number of carbonyl (C=O) groups excluding carboxylic acids is 2. The lowest BCUT2D eigenvalue weighted by molar-refractivity contribution is -0.120. The zero-order chi connectivity index (χ0) is 23.7. The van der Waals surface area contributed by atoms with Gasteiger partial charge in [0.15, 0.2) is 0 Å². The number of para-hydroxylation sites is 1. The van der Waals surface area contributed by atoms with Crippen LogP contribution in [0.1, 0.15) is 36.0 Å². The summed E-state index contributed by atoms with van der Waals surface area (Å²) in [6, 6.07) is 23.9. The molecular weight excluding hydrogens is 448 g/mol. The van der Waals surface area contributed by atoms with E-state index in [2.05, 4.69) is 10.6 Å². The summed E-state index contributed by atoms with van der Waals surface area (Å²) >= 11 is 6.48. The molecule has 0 bridgehead atoms. The van der Waals surface area contributed by atoms with E-state index in [1.165, 1.54) is 0 Å². The molecule has 3 amide bonds. The second kappa shape index (κ2) is 9.12. The number of primary amides is 1. The molecule has 2 aliphatic heterocycles. The summed E-state index contributed by atoms with van der Waals surface area (Å²) in [7, 11) is 0. The Morgan fingerprint density at radius 1 is 0.971 bits per heavy atom. The molecule has 5 rings (SSSR count). The van der Waals surface area contributed by atoms with Crippen molar-refractivity contribution in [3.8, 4) is 0 Å². The van der Waals surface area contributed by atoms with E-state index in [9.17, 15) is 9.59 Å². The maximum Gasteiger partial charge on any atom is 0.315 e. The van der Waals surface area contributed by atoms with E-state index in [0.717, 1.165) is 29.5 Å². The van der Waals surface area contributed by atoms with Crippen LogP contribution in [0.4, 0.5) is 10.5 Å². The number of urea groups is 1. The van der Waals surface area contributed by atoms with Gasteiger partial charge in [-0.3, -0.25) is 10.1 Å². The number of anilines is 1. The van der Waals surface area contributed by atoms with Gasteiger partial charge in [0.25, 0.3) is 0 Å². The number of nitrogens with zero attached hydrogens (tertiary/aromatic N) is 1. The van der Waals surface area contributed by atoms with Gasteiger partial charge in [-0.15, -0.1) is 0 Å². The van der Waals surface area contributed by atoms with Crippen LogP contribution in [-0.4, -0.2) is 35.5 Å². The normalized spacial score (nSPS) is 24.6. The molecule has 0 saturated carbocycles. The number of nitrogens with one attached hydrogen (secondary N) is 2. The molecule has 34 heavy (non-hydrogen) atoms. The molecule has 2 heterocycles. The number of halogens is 1. The third kappa shape index (κ3) is 3.83. The van der Waals surface area contributed by atoms with Crippen LogP contribution in [0.5, 0.6) is 0 Å². The van der Waals surface area contributed by atoms with E-state index in [-0.39, 0.29) is 11.9 Å². The first kappa shape index (κ1) is 22.4. The monoisotopic (exact) mass is 474 g/mol. The number of nitrogens with two attached hydrogens (primary N) is 1. The van der Waals surface area contributed by atoms with Crippen molar-refractivity contribution in [3.05, 3.63) is 101 Å². The third-order valence-corrected chi connectivity index (χ3v) is 7.16. The van der Waals surface area contributed by atoms with Crippen LogP contribution in [0.2, 0.25) is 5.02 Å². The van der Waals surface area contributed by atoms with Crippen LogP contribution < -0.4 is 16.4 Å². The van der Waals surface area contributed by atoms with Gasteiger partial charge in [-0.2, -0.15) is 0 Å². The first-order valence-electron chi connectivity index (χ1n) is 11.6. The first-order chi connectivity index (χ1) is 16.5. The summed E-state index contributed by atoms with van der Waals surface area (Å²) in [5.41, 5.74) is 8.35. The molecule has 2 aliphatic rings. The van der Waals surface area contributed by atoms with Crippen molar-refractivity contribution >= 4 is 29.2 Å². The van der Waals surface area contributed by atoms with Crippen LogP contribution in [0.15, 0.2) is 78.9 Å². The number of piperidine rings is 1. The highest BCUT2D eigenvalue weighted by Gasteiger charge is 2.47. The fourth-order valence-electron chi connectivity index (χ4n) is 5.41. The van der Waals surface area contributed by atoms with Crippen molar-refractivity contribution in [1.29, 1.82) is 0 Å². The summed E-state index contributed by atoms with van der Waals surface area (Å²) in [4.78, 5) is 27.6. The topological polar surface area (TPSA) is 87.5 Å². The van der Waals surface area contributed by atoms with Crippen molar-refractivity contribution in [2.45, 2.75) is 36.9 Å². The summed E-state index contributed by atoms with van der Waals surface area (Å²) in [6.45, 7) is 0.536. The SMILES string of the molecule is NC(=O)N1CCCCC1C1NC(c2ccccc2)(c2cccc(Cl)c2)c2ccccc2NC1=O. The highest BCUT2D eigenvalue weighted by Crippen LogP contribution is 2.43. The minimum atomic E-state index is -0.895. The lowest BCUT2D eigenvalue weighted by atomic mass is 9.75. The van der Waals surface area contributed by atoms with E-state index in [1.54, 1.807) is 4.90 Å². The Hall–Kier alpha value is -3.35. The van der Waals surface area contributed by atoms with Crippen molar-refractivity contribution in [1.82, 2.24) is 10.2 Å². The molecule has 1 saturated heterocycles. The lowest BCUT2D eigenvalue weighted by Crippen LogP contribution is -2.63. The van der Waals surface area contributed by atoms with Gasteiger partial charge in [0, 0.05) is 22.8 Å². The predicted molar refractivity (Wildman–Crippen MR) is 134 cm³/mol. The van der Waals surface area contributed by atoms with E-state index in [0.29, 0.717) is 23.7 Å². The number of amides is 3. The Morgan fingerprint density at radius 2 is 1.71 bits per heavy atom. The maximum absolute atomic E-state index is 13.7. The van der Waals surface area contributed by atoms with Crippen molar-refractivity contribution in [2.75, 3.05) is 11.9 Å². The average Bonchev–Trinajstić information content (AvgIpc) is 2.99. The molecule has 0 radical (unpaired) electrons. The highest BCUT2D eigenvalue weighted by molar-refractivity contribution is 6.30. The van der Waals surface area contributed by atoms with Crippen LogP contribution in [0, 0.1) is 0 Å². The molecule has 6 nitrogen and oxygen atoms in total. The highest BCUT2D eigenvalue weighted by atomic mass is 35.5. The van der Waals surface area contributed by atoms with Gasteiger partial charge < -0.3 is 16.0 Å². The largest absolute Gasteiger partial charge is 0.351 e. The molecule has 174 valence electrons. The van der Waals surface area contributed by atoms with Gasteiger partial charge in [0.05, 0.1) is 11.6 Å². The molecule has 3 atom stereocenters. The number of hydrogen-bond donors (Lipinski definition) is 3. The van der Waals surface area contributed by atoms with Crippen LogP contribution in [0.3, 0.4) is 0 Å². The van der Waals surface area contributed by atoms with Crippen molar-refractivity contribution in [2.24, 2.45) is 5.73 Å². The Balaban J connectivity index is 1.77. The number of carbonyl (C=O) groups is 2. The smallest absolute Gasteiger partial charge is 0.315 e. The van der Waals surface area contributed by atoms with Gasteiger partial charge in [-0.05, 0) is 48.6 Å². The quantitative estimate of drug-likeness (QED) is 0.523. The molecule has 4 N–H and O–H groups in total. The Kier molecular flexibility index (Phi) is 6.02. The standard InChI is InChI=1S/C27H27ClN4O2/c28-20-12-8-11-19(17-20)27(18-9-2-1-3-10-18)21-13-4-5-14-22(21)30-25(33)24(31-27)23-15-6-7-16-32(23)26(29)34/h1-5,8-14,17,23-24,31H,6-7,15-16H2,(H2,29,34)(H,30,33). The minimum Gasteiger partial charge on any atom is -0.351 e. The second-order valence-corrected chi connectivity index (χ2v) is 9.31. The van der Waals surface area contributed by atoms with Gasteiger partial charge in [-0.25, -0.2) is 4.79 Å². The molecule has 1 fully saturated rings. The molecule has 0 spiro atoms.